The molecule has 0 atom stereocenters. The molecule has 0 aromatic heterocycles. The molecule has 2 nitrogen and oxygen atoms in total. The molecular weight excluding hydrogens is 290 g/mol. The summed E-state index contributed by atoms with van der Waals surface area (Å²) in [6.45, 7) is 2.41. The number of nitrogens with two attached hydrogens (primary N) is 1. The lowest BCUT2D eigenvalue weighted by atomic mass is 10.1. The predicted octanol–water partition coefficient (Wildman–Crippen LogP) is 3.56. The molecule has 0 spiro atoms. The van der Waals surface area contributed by atoms with Gasteiger partial charge in [-0.2, -0.15) is 0 Å². The lowest BCUT2D eigenvalue weighted by molar-refractivity contribution is 0.625. The second-order valence-corrected chi connectivity index (χ2v) is 5.25. The van der Waals surface area contributed by atoms with E-state index in [4.69, 9.17) is 18.0 Å². The molecule has 0 radical (unpaired) electrons. The van der Waals surface area contributed by atoms with Gasteiger partial charge in [0.1, 0.15) is 16.6 Å². The average Bonchev–Trinajstić information content (AvgIpc) is 2.42. The maximum Gasteiger partial charge on any atom is 0.146 e. The van der Waals surface area contributed by atoms with Gasteiger partial charge in [-0.3, -0.25) is 0 Å². The van der Waals surface area contributed by atoms with E-state index in [2.05, 4.69) is 5.32 Å². The van der Waals surface area contributed by atoms with Crippen molar-refractivity contribution in [2.45, 2.75) is 13.3 Å². The van der Waals surface area contributed by atoms with Gasteiger partial charge in [0.25, 0.3) is 0 Å². The van der Waals surface area contributed by atoms with Crippen molar-refractivity contribution in [3.8, 4) is 0 Å². The van der Waals surface area contributed by atoms with E-state index in [1.54, 1.807) is 18.2 Å². The van der Waals surface area contributed by atoms with Gasteiger partial charge < -0.3 is 11.1 Å². The Hall–Kier alpha value is -2.01. The zero-order valence-electron chi connectivity index (χ0n) is 11.6. The summed E-state index contributed by atoms with van der Waals surface area (Å²) in [5, 5.41) is 3.02. The third-order valence-electron chi connectivity index (χ3n) is 3.27. The zero-order valence-corrected chi connectivity index (χ0v) is 12.4. The van der Waals surface area contributed by atoms with Crippen molar-refractivity contribution in [3.05, 3.63) is 64.7 Å². The number of hydrogen-bond donors (Lipinski definition) is 2. The number of thiocarbonyl (C=S) groups is 1. The molecule has 2 rings (SSSR count). The third kappa shape index (κ3) is 3.98. The normalized spacial score (nSPS) is 10.4. The molecular formula is C16H16F2N2S. The quantitative estimate of drug-likeness (QED) is 0.830. The van der Waals surface area contributed by atoms with Gasteiger partial charge in [-0.15, -0.1) is 0 Å². The molecule has 0 saturated heterocycles. The summed E-state index contributed by atoms with van der Waals surface area (Å²) >= 11 is 4.80. The van der Waals surface area contributed by atoms with Crippen molar-refractivity contribution < 1.29 is 8.78 Å². The van der Waals surface area contributed by atoms with Crippen molar-refractivity contribution in [2.75, 3.05) is 11.9 Å². The van der Waals surface area contributed by atoms with E-state index >= 15 is 0 Å². The van der Waals surface area contributed by atoms with E-state index in [1.165, 1.54) is 18.2 Å². The van der Waals surface area contributed by atoms with E-state index in [9.17, 15) is 8.78 Å². The summed E-state index contributed by atoms with van der Waals surface area (Å²) in [4.78, 5) is 0.169. The van der Waals surface area contributed by atoms with Crippen LogP contribution in [-0.4, -0.2) is 11.5 Å². The number of nitrogens with one attached hydrogen (secondary N) is 1. The van der Waals surface area contributed by atoms with E-state index in [1.807, 2.05) is 6.92 Å². The molecule has 0 bridgehead atoms. The topological polar surface area (TPSA) is 38.0 Å². The van der Waals surface area contributed by atoms with Crippen molar-refractivity contribution in [1.29, 1.82) is 0 Å². The Labute approximate surface area is 128 Å². The minimum Gasteiger partial charge on any atom is -0.389 e. The standard InChI is InChI=1S/C16H16F2N2S/c1-10-8-13(17)4-2-11(10)6-7-20-15-5-3-12(16(19)21)9-14(15)18/h2-5,8-9,20H,6-7H2,1H3,(H2,19,21). The fourth-order valence-electron chi connectivity index (χ4n) is 2.08. The summed E-state index contributed by atoms with van der Waals surface area (Å²) < 4.78 is 26.8. The molecule has 21 heavy (non-hydrogen) atoms. The Kier molecular flexibility index (Phi) is 4.85. The van der Waals surface area contributed by atoms with Crippen LogP contribution < -0.4 is 11.1 Å². The Balaban J connectivity index is 1.99. The molecule has 0 unspecified atom stereocenters. The van der Waals surface area contributed by atoms with E-state index in [-0.39, 0.29) is 10.8 Å². The monoisotopic (exact) mass is 306 g/mol. The second-order valence-electron chi connectivity index (χ2n) is 4.81. The smallest absolute Gasteiger partial charge is 0.146 e. The van der Waals surface area contributed by atoms with Gasteiger partial charge in [0, 0.05) is 12.1 Å². The molecule has 110 valence electrons. The molecule has 0 fully saturated rings. The first-order valence-corrected chi connectivity index (χ1v) is 6.96. The Morgan fingerprint density at radius 3 is 2.57 bits per heavy atom. The van der Waals surface area contributed by atoms with Crippen LogP contribution in [0, 0.1) is 18.6 Å². The van der Waals surface area contributed by atoms with Crippen LogP contribution in [-0.2, 0) is 6.42 Å². The molecule has 0 aliphatic carbocycles. The number of anilines is 1. The summed E-state index contributed by atoms with van der Waals surface area (Å²) in [5.41, 5.74) is 8.27. The largest absolute Gasteiger partial charge is 0.389 e. The molecule has 0 aliphatic rings. The number of benzene rings is 2. The molecule has 0 amide bonds. The van der Waals surface area contributed by atoms with E-state index in [0.717, 1.165) is 11.1 Å². The summed E-state index contributed by atoms with van der Waals surface area (Å²) in [7, 11) is 0. The first-order valence-electron chi connectivity index (χ1n) is 6.55. The molecule has 5 heteroatoms. The SMILES string of the molecule is Cc1cc(F)ccc1CCNc1ccc(C(N)=S)cc1F. The number of halogens is 2. The van der Waals surface area contributed by atoms with Crippen LogP contribution in [0.2, 0.25) is 0 Å². The van der Waals surface area contributed by atoms with Crippen LogP contribution in [0.4, 0.5) is 14.5 Å². The zero-order chi connectivity index (χ0) is 15.4. The Bertz CT molecular complexity index is 671. The van der Waals surface area contributed by atoms with Gasteiger partial charge in [0.15, 0.2) is 0 Å². The molecule has 2 aromatic rings. The van der Waals surface area contributed by atoms with Gasteiger partial charge in [0.05, 0.1) is 5.69 Å². The maximum atomic E-state index is 13.8. The van der Waals surface area contributed by atoms with Gasteiger partial charge in [-0.05, 0) is 54.8 Å². The van der Waals surface area contributed by atoms with Crippen molar-refractivity contribution in [1.82, 2.24) is 0 Å². The molecule has 0 aliphatic heterocycles. The van der Waals surface area contributed by atoms with Crippen molar-refractivity contribution >= 4 is 22.9 Å². The van der Waals surface area contributed by atoms with Crippen LogP contribution in [0.15, 0.2) is 36.4 Å². The summed E-state index contributed by atoms with van der Waals surface area (Å²) in [6.07, 6.45) is 0.683. The highest BCUT2D eigenvalue weighted by atomic mass is 32.1. The Morgan fingerprint density at radius 2 is 1.95 bits per heavy atom. The summed E-state index contributed by atoms with van der Waals surface area (Å²) in [5.74, 6) is -0.639. The van der Waals surface area contributed by atoms with E-state index in [0.29, 0.717) is 24.2 Å². The molecule has 0 saturated carbocycles. The first kappa shape index (κ1) is 15.4. The fraction of sp³-hybridized carbons (Fsp3) is 0.188. The van der Waals surface area contributed by atoms with Crippen LogP contribution in [0.1, 0.15) is 16.7 Å². The fourth-order valence-corrected chi connectivity index (χ4v) is 2.21. The summed E-state index contributed by atoms with van der Waals surface area (Å²) in [6, 6.07) is 9.28. The molecule has 2 aromatic carbocycles. The van der Waals surface area contributed by atoms with E-state index < -0.39 is 5.82 Å². The highest BCUT2D eigenvalue weighted by Crippen LogP contribution is 2.16. The van der Waals surface area contributed by atoms with Crippen LogP contribution >= 0.6 is 12.2 Å². The lowest BCUT2D eigenvalue weighted by Crippen LogP contribution is -2.11. The predicted molar refractivity (Wildman–Crippen MR) is 85.6 cm³/mol. The van der Waals surface area contributed by atoms with Crippen molar-refractivity contribution in [3.63, 3.8) is 0 Å². The number of aryl methyl sites for hydroxylation is 1. The minimum atomic E-state index is -0.392. The molecule has 3 N–H and O–H groups in total. The first-order chi connectivity index (χ1) is 9.97. The maximum absolute atomic E-state index is 13.8. The van der Waals surface area contributed by atoms with Crippen LogP contribution in [0.3, 0.4) is 0 Å². The van der Waals surface area contributed by atoms with Gasteiger partial charge in [-0.25, -0.2) is 8.78 Å². The third-order valence-corrected chi connectivity index (χ3v) is 3.50. The van der Waals surface area contributed by atoms with Gasteiger partial charge in [-0.1, -0.05) is 18.3 Å². The van der Waals surface area contributed by atoms with Gasteiger partial charge >= 0.3 is 0 Å². The number of hydrogen-bond acceptors (Lipinski definition) is 2. The van der Waals surface area contributed by atoms with Crippen LogP contribution in [0.25, 0.3) is 0 Å². The number of rotatable bonds is 5. The highest BCUT2D eigenvalue weighted by Gasteiger charge is 2.05. The average molecular weight is 306 g/mol. The highest BCUT2D eigenvalue weighted by molar-refractivity contribution is 7.80. The van der Waals surface area contributed by atoms with Crippen LogP contribution in [0.5, 0.6) is 0 Å². The second kappa shape index (κ2) is 6.63. The Morgan fingerprint density at radius 1 is 1.19 bits per heavy atom. The van der Waals surface area contributed by atoms with Gasteiger partial charge in [0.2, 0.25) is 0 Å². The molecule has 0 heterocycles. The van der Waals surface area contributed by atoms with Crippen molar-refractivity contribution in [2.24, 2.45) is 5.73 Å². The lowest BCUT2D eigenvalue weighted by Gasteiger charge is -2.10. The minimum absolute atomic E-state index is 0.169.